The van der Waals surface area contributed by atoms with Gasteiger partial charge in [-0.05, 0) is 38.3 Å². The molecule has 2 aromatic rings. The average Bonchev–Trinajstić information content (AvgIpc) is 2.99. The van der Waals surface area contributed by atoms with Crippen molar-refractivity contribution >= 4 is 17.7 Å². The molecule has 0 radical (unpaired) electrons. The molecule has 5 nitrogen and oxygen atoms in total. The van der Waals surface area contributed by atoms with Crippen LogP contribution < -0.4 is 5.32 Å². The lowest BCUT2D eigenvalue weighted by atomic mass is 9.94. The number of para-hydroxylation sites is 1. The van der Waals surface area contributed by atoms with E-state index in [1.165, 1.54) is 11.8 Å². The Morgan fingerprint density at radius 3 is 2.56 bits per heavy atom. The largest absolute Gasteiger partial charge is 0.339 e. The van der Waals surface area contributed by atoms with Crippen LogP contribution in [0.1, 0.15) is 38.1 Å². The lowest BCUT2D eigenvalue weighted by Gasteiger charge is -2.26. The molecule has 0 saturated carbocycles. The van der Waals surface area contributed by atoms with Crippen LogP contribution >= 0.6 is 11.8 Å². The summed E-state index contributed by atoms with van der Waals surface area (Å²) in [6.07, 6.45) is 7.01. The zero-order valence-corrected chi connectivity index (χ0v) is 16.0. The van der Waals surface area contributed by atoms with Crippen LogP contribution in [0.5, 0.6) is 0 Å². The Bertz CT molecular complexity index is 787. The zero-order valence-electron chi connectivity index (χ0n) is 15.2. The molecule has 0 fully saturated rings. The number of rotatable bonds is 7. The molecule has 0 saturated heterocycles. The van der Waals surface area contributed by atoms with Gasteiger partial charge in [0.15, 0.2) is 5.16 Å². The van der Waals surface area contributed by atoms with Gasteiger partial charge in [-0.3, -0.25) is 9.36 Å². The van der Waals surface area contributed by atoms with E-state index in [0.29, 0.717) is 18.0 Å². The highest BCUT2D eigenvalue weighted by Crippen LogP contribution is 2.24. The molecule has 1 aromatic heterocycles. The number of hydrogen-bond donors (Lipinski definition) is 1. The fourth-order valence-corrected chi connectivity index (χ4v) is 3.42. The first-order valence-electron chi connectivity index (χ1n) is 8.36. The van der Waals surface area contributed by atoms with Crippen LogP contribution in [0.3, 0.4) is 0 Å². The Balaban J connectivity index is 2.14. The van der Waals surface area contributed by atoms with E-state index >= 15 is 0 Å². The van der Waals surface area contributed by atoms with Crippen molar-refractivity contribution in [2.75, 3.05) is 5.75 Å². The summed E-state index contributed by atoms with van der Waals surface area (Å²) in [4.78, 5) is 12.3. The minimum atomic E-state index is -0.572. The summed E-state index contributed by atoms with van der Waals surface area (Å²) in [5, 5.41) is 12.1. The first-order chi connectivity index (χ1) is 12.0. The third-order valence-corrected chi connectivity index (χ3v) is 5.27. The van der Waals surface area contributed by atoms with Gasteiger partial charge in [0.05, 0.1) is 11.4 Å². The van der Waals surface area contributed by atoms with E-state index in [4.69, 9.17) is 6.42 Å². The molecule has 132 valence electrons. The number of amides is 1. The molecule has 1 heterocycles. The minimum absolute atomic E-state index is 0.0939. The standard InChI is InChI=1S/C19H24N4OS/c1-6-19(7-2,8-3)20-17(24)13-25-18-22-21-15(5)23(18)16-12-10-9-11-14(16)4/h1,9-12H,7-8,13H2,2-5H3,(H,20,24). The van der Waals surface area contributed by atoms with Crippen LogP contribution in [0.15, 0.2) is 29.4 Å². The number of carbonyl (C=O) groups is 1. The Morgan fingerprint density at radius 1 is 1.28 bits per heavy atom. The van der Waals surface area contributed by atoms with E-state index in [0.717, 1.165) is 17.1 Å². The van der Waals surface area contributed by atoms with Crippen molar-refractivity contribution in [1.29, 1.82) is 0 Å². The smallest absolute Gasteiger partial charge is 0.231 e. The number of aryl methyl sites for hydroxylation is 2. The average molecular weight is 356 g/mol. The quantitative estimate of drug-likeness (QED) is 0.611. The van der Waals surface area contributed by atoms with E-state index in [2.05, 4.69) is 21.4 Å². The molecular formula is C19H24N4OS. The van der Waals surface area contributed by atoms with E-state index in [-0.39, 0.29) is 11.7 Å². The van der Waals surface area contributed by atoms with Gasteiger partial charge in [-0.1, -0.05) is 49.7 Å². The SMILES string of the molecule is C#CC(CC)(CC)NC(=O)CSc1nnc(C)n1-c1ccccc1C. The second-order valence-corrected chi connectivity index (χ2v) is 6.86. The fourth-order valence-electron chi connectivity index (χ4n) is 2.63. The van der Waals surface area contributed by atoms with Crippen LogP contribution in [0, 0.1) is 26.2 Å². The fraction of sp³-hybridized carbons (Fsp3) is 0.421. The van der Waals surface area contributed by atoms with Crippen LogP contribution in [-0.4, -0.2) is 32.0 Å². The number of aromatic nitrogens is 3. The van der Waals surface area contributed by atoms with Gasteiger partial charge in [-0.15, -0.1) is 16.6 Å². The molecular weight excluding hydrogens is 332 g/mol. The van der Waals surface area contributed by atoms with Crippen molar-refractivity contribution in [3.8, 4) is 18.0 Å². The number of benzene rings is 1. The topological polar surface area (TPSA) is 59.8 Å². The maximum absolute atomic E-state index is 12.3. The highest BCUT2D eigenvalue weighted by molar-refractivity contribution is 7.99. The number of thioether (sulfide) groups is 1. The van der Waals surface area contributed by atoms with Gasteiger partial charge < -0.3 is 5.32 Å². The number of hydrogen-bond acceptors (Lipinski definition) is 4. The van der Waals surface area contributed by atoms with Crippen molar-refractivity contribution in [2.45, 2.75) is 51.2 Å². The highest BCUT2D eigenvalue weighted by Gasteiger charge is 2.25. The predicted octanol–water partition coefficient (Wildman–Crippen LogP) is 3.28. The molecule has 2 rings (SSSR count). The molecule has 1 amide bonds. The second-order valence-electron chi connectivity index (χ2n) is 5.92. The normalized spacial score (nSPS) is 11.2. The van der Waals surface area contributed by atoms with Crippen molar-refractivity contribution in [1.82, 2.24) is 20.1 Å². The van der Waals surface area contributed by atoms with Gasteiger partial charge in [-0.25, -0.2) is 0 Å². The highest BCUT2D eigenvalue weighted by atomic mass is 32.2. The molecule has 0 unspecified atom stereocenters. The summed E-state index contributed by atoms with van der Waals surface area (Å²) >= 11 is 1.36. The van der Waals surface area contributed by atoms with Crippen LogP contribution in [-0.2, 0) is 4.79 Å². The van der Waals surface area contributed by atoms with Crippen LogP contribution in [0.25, 0.3) is 5.69 Å². The van der Waals surface area contributed by atoms with Crippen LogP contribution in [0.2, 0.25) is 0 Å². The van der Waals surface area contributed by atoms with Crippen molar-refractivity contribution in [3.05, 3.63) is 35.7 Å². The Morgan fingerprint density at radius 2 is 1.96 bits per heavy atom. The molecule has 6 heteroatoms. The molecule has 1 aromatic carbocycles. The summed E-state index contributed by atoms with van der Waals surface area (Å²) in [7, 11) is 0. The van der Waals surface area contributed by atoms with Crippen molar-refractivity contribution in [2.24, 2.45) is 0 Å². The second kappa shape index (κ2) is 8.21. The monoisotopic (exact) mass is 356 g/mol. The van der Waals surface area contributed by atoms with Gasteiger partial charge in [0.2, 0.25) is 5.91 Å². The Hall–Kier alpha value is -2.26. The maximum atomic E-state index is 12.3. The molecule has 0 atom stereocenters. The predicted molar refractivity (Wildman–Crippen MR) is 102 cm³/mol. The molecule has 0 spiro atoms. The van der Waals surface area contributed by atoms with Crippen LogP contribution in [0.4, 0.5) is 0 Å². The first-order valence-corrected chi connectivity index (χ1v) is 9.34. The summed E-state index contributed by atoms with van der Waals surface area (Å²) in [5.74, 6) is 3.66. The van der Waals surface area contributed by atoms with Crippen molar-refractivity contribution in [3.63, 3.8) is 0 Å². The molecule has 0 aliphatic rings. The maximum Gasteiger partial charge on any atom is 0.231 e. The van der Waals surface area contributed by atoms with Gasteiger partial charge >= 0.3 is 0 Å². The molecule has 0 aliphatic heterocycles. The Labute approximate surface area is 153 Å². The Kier molecular flexibility index (Phi) is 6.27. The lowest BCUT2D eigenvalue weighted by molar-refractivity contribution is -0.119. The van der Waals surface area contributed by atoms with E-state index in [9.17, 15) is 4.79 Å². The summed E-state index contributed by atoms with van der Waals surface area (Å²) in [5.41, 5.74) is 1.57. The van der Waals surface area contributed by atoms with Gasteiger partial charge in [0.25, 0.3) is 0 Å². The number of carbonyl (C=O) groups excluding carboxylic acids is 1. The molecule has 1 N–H and O–H groups in total. The van der Waals surface area contributed by atoms with E-state index in [1.807, 2.05) is 56.5 Å². The lowest BCUT2D eigenvalue weighted by Crippen LogP contribution is -2.47. The molecule has 25 heavy (non-hydrogen) atoms. The van der Waals surface area contributed by atoms with E-state index in [1.54, 1.807) is 0 Å². The minimum Gasteiger partial charge on any atom is -0.339 e. The molecule has 0 aliphatic carbocycles. The molecule has 0 bridgehead atoms. The summed E-state index contributed by atoms with van der Waals surface area (Å²) in [6, 6.07) is 8.04. The van der Waals surface area contributed by atoms with E-state index < -0.39 is 5.54 Å². The zero-order chi connectivity index (χ0) is 18.4. The summed E-state index contributed by atoms with van der Waals surface area (Å²) < 4.78 is 1.97. The third-order valence-electron chi connectivity index (χ3n) is 4.35. The first kappa shape index (κ1) is 19.1. The number of terminal acetylenes is 1. The number of nitrogens with one attached hydrogen (secondary N) is 1. The summed E-state index contributed by atoms with van der Waals surface area (Å²) in [6.45, 7) is 7.91. The van der Waals surface area contributed by atoms with Crippen molar-refractivity contribution < 1.29 is 4.79 Å². The third kappa shape index (κ3) is 4.23. The van der Waals surface area contributed by atoms with Gasteiger partial charge in [0, 0.05) is 0 Å². The van der Waals surface area contributed by atoms with Gasteiger partial charge in [-0.2, -0.15) is 0 Å². The number of nitrogens with zero attached hydrogens (tertiary/aromatic N) is 3. The van der Waals surface area contributed by atoms with Gasteiger partial charge in [0.1, 0.15) is 11.4 Å².